The fourth-order valence-electron chi connectivity index (χ4n) is 3.16. The van der Waals surface area contributed by atoms with Crippen LogP contribution in [0.1, 0.15) is 31.7 Å². The van der Waals surface area contributed by atoms with Crippen molar-refractivity contribution in [3.63, 3.8) is 0 Å². The Balaban J connectivity index is 1.69. The van der Waals surface area contributed by atoms with Crippen molar-refractivity contribution in [2.24, 2.45) is 0 Å². The molecule has 8 nitrogen and oxygen atoms in total. The van der Waals surface area contributed by atoms with Crippen molar-refractivity contribution in [2.45, 2.75) is 45.1 Å². The van der Waals surface area contributed by atoms with Gasteiger partial charge in [0.05, 0.1) is 4.90 Å². The number of benzene rings is 1. The van der Waals surface area contributed by atoms with Crippen LogP contribution in [0.5, 0.6) is 0 Å². The van der Waals surface area contributed by atoms with Gasteiger partial charge in [0.15, 0.2) is 0 Å². The van der Waals surface area contributed by atoms with E-state index in [1.165, 1.54) is 33.3 Å². The first-order chi connectivity index (χ1) is 14.8. The molecule has 0 spiro atoms. The van der Waals surface area contributed by atoms with Crippen LogP contribution in [0.3, 0.4) is 0 Å². The second-order valence-corrected chi connectivity index (χ2v) is 9.00. The van der Waals surface area contributed by atoms with Gasteiger partial charge in [0.25, 0.3) is 5.56 Å². The van der Waals surface area contributed by atoms with Crippen molar-refractivity contribution < 1.29 is 17.3 Å². The highest BCUT2D eigenvalue weighted by Crippen LogP contribution is 2.19. The summed E-state index contributed by atoms with van der Waals surface area (Å²) in [6, 6.07) is 7.30. The smallest absolute Gasteiger partial charge is 0.250 e. The van der Waals surface area contributed by atoms with Gasteiger partial charge in [0.1, 0.15) is 5.82 Å². The van der Waals surface area contributed by atoms with Crippen LogP contribution >= 0.6 is 0 Å². The van der Waals surface area contributed by atoms with E-state index in [4.69, 9.17) is 4.52 Å². The normalized spacial score (nSPS) is 11.9. The molecule has 0 bridgehead atoms. The molecular weight excluding hydrogens is 423 g/mol. The quantitative estimate of drug-likeness (QED) is 0.499. The molecular formula is C21H25FN4O4S. The van der Waals surface area contributed by atoms with Crippen molar-refractivity contribution in [1.29, 1.82) is 0 Å². The van der Waals surface area contributed by atoms with E-state index in [9.17, 15) is 17.6 Å². The van der Waals surface area contributed by atoms with E-state index < -0.39 is 10.0 Å². The Labute approximate surface area is 180 Å². The molecule has 0 atom stereocenters. The van der Waals surface area contributed by atoms with Crippen molar-refractivity contribution in [2.75, 3.05) is 13.1 Å². The number of hydrogen-bond acceptors (Lipinski definition) is 6. The summed E-state index contributed by atoms with van der Waals surface area (Å²) in [4.78, 5) is 16.5. The highest BCUT2D eigenvalue weighted by atomic mass is 32.2. The molecule has 166 valence electrons. The van der Waals surface area contributed by atoms with Gasteiger partial charge in [-0.3, -0.25) is 4.79 Å². The summed E-state index contributed by atoms with van der Waals surface area (Å²) in [5, 5.41) is 3.88. The molecule has 3 aromatic rings. The van der Waals surface area contributed by atoms with Crippen LogP contribution < -0.4 is 5.56 Å². The molecule has 0 aliphatic carbocycles. The van der Waals surface area contributed by atoms with Gasteiger partial charge in [-0.15, -0.1) is 0 Å². The third-order valence-electron chi connectivity index (χ3n) is 4.99. The largest absolute Gasteiger partial charge is 0.339 e. The van der Waals surface area contributed by atoms with Crippen LogP contribution in [0.25, 0.3) is 11.4 Å². The van der Waals surface area contributed by atoms with E-state index in [1.807, 2.05) is 0 Å². The monoisotopic (exact) mass is 448 g/mol. The fourth-order valence-corrected chi connectivity index (χ4v) is 4.63. The molecule has 0 aliphatic heterocycles. The zero-order valence-electron chi connectivity index (χ0n) is 17.7. The first kappa shape index (κ1) is 22.8. The lowest BCUT2D eigenvalue weighted by Crippen LogP contribution is -2.32. The van der Waals surface area contributed by atoms with Crippen molar-refractivity contribution in [1.82, 2.24) is 19.0 Å². The molecule has 0 saturated heterocycles. The number of sulfonamides is 1. The first-order valence-corrected chi connectivity index (χ1v) is 11.5. The molecule has 0 fully saturated rings. The van der Waals surface area contributed by atoms with Gasteiger partial charge in [-0.05, 0) is 31.0 Å². The minimum Gasteiger partial charge on any atom is -0.339 e. The summed E-state index contributed by atoms with van der Waals surface area (Å²) in [5.41, 5.74) is 0.756. The van der Waals surface area contributed by atoms with Crippen molar-refractivity contribution in [3.8, 4) is 11.4 Å². The number of hydrogen-bond donors (Lipinski definition) is 0. The molecule has 3 rings (SSSR count). The molecule has 31 heavy (non-hydrogen) atoms. The van der Waals surface area contributed by atoms with Crippen molar-refractivity contribution >= 4 is 10.0 Å². The minimum absolute atomic E-state index is 0.0808. The lowest BCUT2D eigenvalue weighted by molar-refractivity contribution is 0.372. The van der Waals surface area contributed by atoms with Gasteiger partial charge >= 0.3 is 0 Å². The van der Waals surface area contributed by atoms with E-state index in [1.54, 1.807) is 32.9 Å². The van der Waals surface area contributed by atoms with Gasteiger partial charge in [-0.25, -0.2) is 12.8 Å². The van der Waals surface area contributed by atoms with Gasteiger partial charge in [0, 0.05) is 43.9 Å². The molecule has 2 heterocycles. The topological polar surface area (TPSA) is 98.3 Å². The fraction of sp³-hybridized carbons (Fsp3) is 0.381. The lowest BCUT2D eigenvalue weighted by Gasteiger charge is -2.19. The number of aromatic nitrogens is 3. The highest BCUT2D eigenvalue weighted by Gasteiger charge is 2.22. The highest BCUT2D eigenvalue weighted by molar-refractivity contribution is 7.89. The third-order valence-corrected chi connectivity index (χ3v) is 7.02. The molecule has 0 saturated carbocycles. The second kappa shape index (κ2) is 9.52. The molecule has 2 aromatic heterocycles. The number of rotatable bonds is 9. The summed E-state index contributed by atoms with van der Waals surface area (Å²) in [6.07, 6.45) is 2.24. The predicted octanol–water partition coefficient (Wildman–Crippen LogP) is 3.01. The molecule has 1 aromatic carbocycles. The van der Waals surface area contributed by atoms with E-state index in [0.29, 0.717) is 48.8 Å². The van der Waals surface area contributed by atoms with Gasteiger partial charge in [-0.2, -0.15) is 9.29 Å². The molecule has 10 heteroatoms. The van der Waals surface area contributed by atoms with Gasteiger partial charge < -0.3 is 9.09 Å². The summed E-state index contributed by atoms with van der Waals surface area (Å²) in [5.74, 6) is 0.303. The standard InChI is InChI=1S/C21H25FN4O4S/c1-4-26(5-2)31(28,29)17-10-11-20(27)25(14-17)12-6-7-19-23-21(24-30-19)16-9-8-15(3)18(22)13-16/h8-11,13-14H,4-7,12H2,1-3H3. The molecule has 0 N–H and O–H groups in total. The van der Waals surface area contributed by atoms with Crippen LogP contribution in [0.15, 0.2) is 50.7 Å². The SMILES string of the molecule is CCN(CC)S(=O)(=O)c1ccc(=O)n(CCCc2nc(-c3ccc(C)c(F)c3)no2)c1. The maximum atomic E-state index is 13.7. The third kappa shape index (κ3) is 5.08. The average molecular weight is 449 g/mol. The van der Waals surface area contributed by atoms with E-state index in [0.717, 1.165) is 0 Å². The zero-order valence-corrected chi connectivity index (χ0v) is 18.5. The van der Waals surface area contributed by atoms with Crippen molar-refractivity contribution in [3.05, 3.63) is 64.2 Å². The number of nitrogens with zero attached hydrogens (tertiary/aromatic N) is 4. The van der Waals surface area contributed by atoms with E-state index in [-0.39, 0.29) is 22.8 Å². The van der Waals surface area contributed by atoms with Crippen LogP contribution in [0.2, 0.25) is 0 Å². The summed E-state index contributed by atoms with van der Waals surface area (Å²) in [6.45, 7) is 6.19. The Morgan fingerprint density at radius 2 is 1.90 bits per heavy atom. The maximum Gasteiger partial charge on any atom is 0.250 e. The van der Waals surface area contributed by atoms with Gasteiger partial charge in [-0.1, -0.05) is 31.1 Å². The first-order valence-electron chi connectivity index (χ1n) is 10.1. The average Bonchev–Trinajstić information content (AvgIpc) is 3.21. The molecule has 0 radical (unpaired) electrons. The van der Waals surface area contributed by atoms with Crippen LogP contribution in [-0.2, 0) is 23.0 Å². The van der Waals surface area contributed by atoms with Crippen LogP contribution in [0.4, 0.5) is 4.39 Å². The van der Waals surface area contributed by atoms with Crippen LogP contribution in [0, 0.1) is 12.7 Å². The summed E-state index contributed by atoms with van der Waals surface area (Å²) >= 11 is 0. The molecule has 0 aliphatic rings. The predicted molar refractivity (Wildman–Crippen MR) is 114 cm³/mol. The maximum absolute atomic E-state index is 13.7. The Bertz CT molecular complexity index is 1220. The zero-order chi connectivity index (χ0) is 22.6. The van der Waals surface area contributed by atoms with Crippen LogP contribution in [-0.4, -0.2) is 40.5 Å². The second-order valence-electron chi connectivity index (χ2n) is 7.07. The molecule has 0 amide bonds. The Hall–Kier alpha value is -2.85. The lowest BCUT2D eigenvalue weighted by atomic mass is 10.1. The number of halogens is 1. The Kier molecular flexibility index (Phi) is 7.01. The number of aryl methyl sites for hydroxylation is 3. The Morgan fingerprint density at radius 3 is 2.58 bits per heavy atom. The van der Waals surface area contributed by atoms with Gasteiger partial charge in [0.2, 0.25) is 21.7 Å². The Morgan fingerprint density at radius 1 is 1.16 bits per heavy atom. The van der Waals surface area contributed by atoms with E-state index >= 15 is 0 Å². The summed E-state index contributed by atoms with van der Waals surface area (Å²) in [7, 11) is -3.65. The van der Waals surface area contributed by atoms with E-state index in [2.05, 4.69) is 10.1 Å². The molecule has 0 unspecified atom stereocenters. The number of pyridine rings is 1. The summed E-state index contributed by atoms with van der Waals surface area (Å²) < 4.78 is 47.0. The minimum atomic E-state index is -3.65.